The van der Waals surface area contributed by atoms with E-state index < -0.39 is 75.2 Å². The highest BCUT2D eigenvalue weighted by Gasteiger charge is 2.51. The molecule has 0 heterocycles. The summed E-state index contributed by atoms with van der Waals surface area (Å²) in [5, 5.41) is 74.3. The Morgan fingerprint density at radius 3 is 1.45 bits per heavy atom. The summed E-state index contributed by atoms with van der Waals surface area (Å²) in [4.78, 5) is 23.3. The first-order valence-corrected chi connectivity index (χ1v) is 24.7. The Labute approximate surface area is 351 Å². The second kappa shape index (κ2) is 34.6. The molecule has 1 saturated carbocycles. The molecule has 1 amide bonds. The lowest BCUT2D eigenvalue weighted by atomic mass is 9.85. The molecule has 1 rings (SSSR count). The Balaban J connectivity index is 2.45. The molecule has 1 aliphatic rings. The van der Waals surface area contributed by atoms with Crippen LogP contribution >= 0.6 is 7.82 Å². The maximum absolute atomic E-state index is 12.9. The van der Waals surface area contributed by atoms with E-state index in [9.17, 15) is 50.0 Å². The van der Waals surface area contributed by atoms with Crippen LogP contribution in [0.1, 0.15) is 200 Å². The summed E-state index contributed by atoms with van der Waals surface area (Å²) in [5.41, 5.74) is 0. The number of unbranched alkanes of at least 4 members (excludes halogenated alkanes) is 24. The molecule has 8 unspecified atom stereocenters. The number of aliphatic hydroxyl groups excluding tert-OH is 7. The van der Waals surface area contributed by atoms with Gasteiger partial charge in [0, 0.05) is 0 Å². The van der Waals surface area contributed by atoms with Crippen molar-refractivity contribution in [2.24, 2.45) is 0 Å². The van der Waals surface area contributed by atoms with Crippen molar-refractivity contribution < 1.29 is 59.0 Å². The lowest BCUT2D eigenvalue weighted by Crippen LogP contribution is -2.64. The van der Waals surface area contributed by atoms with Crippen LogP contribution in [-0.4, -0.2) is 108 Å². The van der Waals surface area contributed by atoms with Crippen molar-refractivity contribution in [1.82, 2.24) is 5.32 Å². The molecular formula is C44H86NO12P. The third-order valence-corrected chi connectivity index (χ3v) is 12.4. The molecule has 1 aliphatic carbocycles. The molecule has 0 aromatic heterocycles. The Morgan fingerprint density at radius 2 is 1.00 bits per heavy atom. The molecule has 8 atom stereocenters. The number of allylic oxidation sites excluding steroid dienone is 1. The molecule has 0 bridgehead atoms. The highest BCUT2D eigenvalue weighted by Crippen LogP contribution is 2.47. The standard InChI is InChI=1S/C44H86NO12P/c1-3-5-7-9-11-12-13-14-15-16-17-18-19-20-21-22-23-24-26-28-30-32-37(47)36(45-38(48)33-35(46)31-29-27-25-10-8-6-4-2)34-56-58(54,55)57-44-42(52)40(50)39(49)41(51)43(44)53/h27,29,35-37,39-44,46-47,49-53H,3-26,28,30-34H2,1-2H3,(H,45,48)(H,54,55)/b29-27-. The second-order valence-electron chi connectivity index (χ2n) is 16.8. The van der Waals surface area contributed by atoms with Crippen LogP contribution in [0.25, 0.3) is 0 Å². The molecule has 0 spiro atoms. The van der Waals surface area contributed by atoms with Crippen LogP contribution in [0, 0.1) is 0 Å². The van der Waals surface area contributed by atoms with Gasteiger partial charge in [-0.1, -0.05) is 180 Å². The monoisotopic (exact) mass is 852 g/mol. The van der Waals surface area contributed by atoms with Gasteiger partial charge in [0.15, 0.2) is 0 Å². The van der Waals surface area contributed by atoms with Gasteiger partial charge in [-0.25, -0.2) is 4.57 Å². The topological polar surface area (TPSA) is 226 Å². The largest absolute Gasteiger partial charge is 0.472 e. The second-order valence-corrected chi connectivity index (χ2v) is 18.2. The van der Waals surface area contributed by atoms with Crippen LogP contribution < -0.4 is 5.32 Å². The molecule has 58 heavy (non-hydrogen) atoms. The number of aliphatic hydroxyl groups is 7. The van der Waals surface area contributed by atoms with Crippen molar-refractivity contribution in [3.05, 3.63) is 12.2 Å². The SMILES string of the molecule is CCCCCC/C=C\CC(O)CC(=O)NC(COP(=O)(O)OC1C(O)C(O)C(O)C(O)C1O)C(O)CCCCCCCCCCCCCCCCCCCCCCC. The summed E-state index contributed by atoms with van der Waals surface area (Å²) in [6, 6.07) is -1.16. The number of amides is 1. The predicted octanol–water partition coefficient (Wildman–Crippen LogP) is 7.42. The summed E-state index contributed by atoms with van der Waals surface area (Å²) < 4.78 is 22.8. The van der Waals surface area contributed by atoms with Gasteiger partial charge in [0.05, 0.1) is 31.3 Å². The third-order valence-electron chi connectivity index (χ3n) is 11.4. The van der Waals surface area contributed by atoms with Gasteiger partial charge in [0.2, 0.25) is 5.91 Å². The maximum Gasteiger partial charge on any atom is 0.472 e. The van der Waals surface area contributed by atoms with Crippen LogP contribution in [0.5, 0.6) is 0 Å². The number of carbonyl (C=O) groups excluding carboxylic acids is 1. The van der Waals surface area contributed by atoms with E-state index in [1.807, 2.05) is 12.2 Å². The van der Waals surface area contributed by atoms with Gasteiger partial charge < -0.3 is 46.0 Å². The van der Waals surface area contributed by atoms with Crippen molar-refractivity contribution in [3.63, 3.8) is 0 Å². The molecule has 13 nitrogen and oxygen atoms in total. The van der Waals surface area contributed by atoms with Crippen molar-refractivity contribution in [2.75, 3.05) is 6.61 Å². The van der Waals surface area contributed by atoms with Gasteiger partial charge in [-0.2, -0.15) is 0 Å². The number of carbonyl (C=O) groups is 1. The molecule has 0 aromatic rings. The first-order valence-electron chi connectivity index (χ1n) is 23.2. The maximum atomic E-state index is 12.9. The van der Waals surface area contributed by atoms with Gasteiger partial charge in [0.1, 0.15) is 36.6 Å². The predicted molar refractivity (Wildman–Crippen MR) is 229 cm³/mol. The van der Waals surface area contributed by atoms with E-state index in [0.29, 0.717) is 6.42 Å². The van der Waals surface area contributed by atoms with Crippen molar-refractivity contribution in [2.45, 2.75) is 255 Å². The summed E-state index contributed by atoms with van der Waals surface area (Å²) in [6.07, 6.45) is 21.7. The lowest BCUT2D eigenvalue weighted by Gasteiger charge is -2.41. The number of nitrogens with one attached hydrogen (secondary N) is 1. The first kappa shape index (κ1) is 55.1. The average molecular weight is 852 g/mol. The Hall–Kier alpha value is -0.960. The van der Waals surface area contributed by atoms with Crippen molar-refractivity contribution in [3.8, 4) is 0 Å². The fourth-order valence-electron chi connectivity index (χ4n) is 7.54. The normalized spacial score (nSPS) is 23.8. The minimum absolute atomic E-state index is 0.266. The van der Waals surface area contributed by atoms with Gasteiger partial charge in [-0.15, -0.1) is 0 Å². The van der Waals surface area contributed by atoms with Crippen LogP contribution in [0.2, 0.25) is 0 Å². The van der Waals surface area contributed by atoms with E-state index in [1.54, 1.807) is 0 Å². The highest BCUT2D eigenvalue weighted by molar-refractivity contribution is 7.47. The lowest BCUT2D eigenvalue weighted by molar-refractivity contribution is -0.220. The number of phosphoric ester groups is 1. The third kappa shape index (κ3) is 26.4. The quantitative estimate of drug-likeness (QED) is 0.0168. The zero-order valence-corrected chi connectivity index (χ0v) is 37.1. The van der Waals surface area contributed by atoms with Crippen LogP contribution in [-0.2, 0) is 18.4 Å². The smallest absolute Gasteiger partial charge is 0.392 e. The van der Waals surface area contributed by atoms with Crippen LogP contribution in [0.15, 0.2) is 12.2 Å². The van der Waals surface area contributed by atoms with Gasteiger partial charge in [0.25, 0.3) is 0 Å². The van der Waals surface area contributed by atoms with E-state index in [4.69, 9.17) is 9.05 Å². The van der Waals surface area contributed by atoms with Crippen LogP contribution in [0.3, 0.4) is 0 Å². The van der Waals surface area contributed by atoms with Gasteiger partial charge >= 0.3 is 7.82 Å². The number of hydrogen-bond acceptors (Lipinski definition) is 11. The Kier molecular flexibility index (Phi) is 32.9. The number of rotatable bonds is 38. The van der Waals surface area contributed by atoms with Gasteiger partial charge in [-0.3, -0.25) is 13.8 Å². The molecule has 0 saturated heterocycles. The minimum atomic E-state index is -5.12. The molecular weight excluding hydrogens is 765 g/mol. The molecule has 344 valence electrons. The summed E-state index contributed by atoms with van der Waals surface area (Å²) >= 11 is 0. The van der Waals surface area contributed by atoms with E-state index in [1.165, 1.54) is 109 Å². The molecule has 1 fully saturated rings. The van der Waals surface area contributed by atoms with E-state index in [0.717, 1.165) is 51.4 Å². The van der Waals surface area contributed by atoms with Crippen LogP contribution in [0.4, 0.5) is 0 Å². The number of hydrogen-bond donors (Lipinski definition) is 9. The summed E-state index contributed by atoms with van der Waals surface area (Å²) in [6.45, 7) is 3.71. The molecule has 0 aromatic carbocycles. The first-order chi connectivity index (χ1) is 27.8. The highest BCUT2D eigenvalue weighted by atomic mass is 31.2. The minimum Gasteiger partial charge on any atom is -0.392 e. The van der Waals surface area contributed by atoms with E-state index in [2.05, 4.69) is 19.2 Å². The Morgan fingerprint density at radius 1 is 0.603 bits per heavy atom. The summed E-state index contributed by atoms with van der Waals surface area (Å²) in [5.74, 6) is -0.595. The van der Waals surface area contributed by atoms with E-state index >= 15 is 0 Å². The van der Waals surface area contributed by atoms with E-state index in [-0.39, 0.29) is 19.3 Å². The van der Waals surface area contributed by atoms with Crippen molar-refractivity contribution >= 4 is 13.7 Å². The zero-order chi connectivity index (χ0) is 43.0. The van der Waals surface area contributed by atoms with Crippen molar-refractivity contribution in [1.29, 1.82) is 0 Å². The fourth-order valence-corrected chi connectivity index (χ4v) is 8.51. The molecule has 0 radical (unpaired) electrons. The fraction of sp³-hybridized carbons (Fsp3) is 0.932. The summed E-state index contributed by atoms with van der Waals surface area (Å²) in [7, 11) is -5.12. The molecule has 14 heteroatoms. The number of phosphoric acid groups is 1. The zero-order valence-electron chi connectivity index (χ0n) is 36.2. The molecule has 9 N–H and O–H groups in total. The Bertz CT molecular complexity index is 1050. The average Bonchev–Trinajstić information content (AvgIpc) is 3.19. The molecule has 0 aliphatic heterocycles. The van der Waals surface area contributed by atoms with Gasteiger partial charge in [-0.05, 0) is 25.7 Å².